The number of Topliss-reactive ketones (excluding diaryl/α,β-unsaturated/α-hetero) is 1. The Balaban J connectivity index is 1.34. The third-order valence-corrected chi connectivity index (χ3v) is 7.89. The van der Waals surface area contributed by atoms with Gasteiger partial charge in [-0.1, -0.05) is 65.7 Å². The molecule has 4 aromatic carbocycles. The van der Waals surface area contributed by atoms with Crippen LogP contribution in [0.2, 0.25) is 10.0 Å². The van der Waals surface area contributed by atoms with Crippen LogP contribution < -0.4 is 10.6 Å². The number of rotatable bonds is 9. The van der Waals surface area contributed by atoms with Gasteiger partial charge in [0.05, 0.1) is 15.8 Å². The van der Waals surface area contributed by atoms with Gasteiger partial charge >= 0.3 is 0 Å². The summed E-state index contributed by atoms with van der Waals surface area (Å²) in [7, 11) is 0. The lowest BCUT2D eigenvalue weighted by Gasteiger charge is -2.12. The van der Waals surface area contributed by atoms with Gasteiger partial charge in [0.1, 0.15) is 5.70 Å². The molecule has 0 saturated heterocycles. The lowest BCUT2D eigenvalue weighted by Crippen LogP contribution is -2.30. The Kier molecular flexibility index (Phi) is 8.89. The Morgan fingerprint density at radius 2 is 1.59 bits per heavy atom. The van der Waals surface area contributed by atoms with Gasteiger partial charge in [0.25, 0.3) is 11.8 Å². The number of fused-ring (bicyclic) bond motifs is 1. The molecule has 41 heavy (non-hydrogen) atoms. The van der Waals surface area contributed by atoms with Gasteiger partial charge in [-0.25, -0.2) is 0 Å². The van der Waals surface area contributed by atoms with Crippen LogP contribution in [0.15, 0.2) is 114 Å². The van der Waals surface area contributed by atoms with Crippen LogP contribution in [0.3, 0.4) is 0 Å². The van der Waals surface area contributed by atoms with Crippen molar-refractivity contribution >= 4 is 75.2 Å². The molecule has 0 radical (unpaired) electrons. The van der Waals surface area contributed by atoms with Crippen molar-refractivity contribution in [3.05, 3.63) is 136 Å². The third-order valence-electron chi connectivity index (χ3n) is 6.15. The molecule has 0 spiro atoms. The molecule has 0 saturated carbocycles. The van der Waals surface area contributed by atoms with E-state index in [0.717, 1.165) is 21.4 Å². The number of carbonyl (C=O) groups excluding carboxylic acids is 3. The van der Waals surface area contributed by atoms with Gasteiger partial charge in [0.2, 0.25) is 0 Å². The predicted octanol–water partition coefficient (Wildman–Crippen LogP) is 7.86. The van der Waals surface area contributed by atoms with Gasteiger partial charge in [0.15, 0.2) is 5.78 Å². The van der Waals surface area contributed by atoms with Crippen molar-refractivity contribution in [2.24, 2.45) is 0 Å². The zero-order chi connectivity index (χ0) is 28.8. The van der Waals surface area contributed by atoms with Crippen LogP contribution in [0.25, 0.3) is 17.0 Å². The fourth-order valence-corrected chi connectivity index (χ4v) is 5.22. The van der Waals surface area contributed by atoms with Crippen LogP contribution in [0.4, 0.5) is 5.69 Å². The molecule has 0 unspecified atom stereocenters. The van der Waals surface area contributed by atoms with Crippen molar-refractivity contribution in [1.29, 1.82) is 0 Å². The van der Waals surface area contributed by atoms with E-state index in [2.05, 4.69) is 15.6 Å². The number of nitrogens with one attached hydrogen (secondary N) is 3. The van der Waals surface area contributed by atoms with Crippen LogP contribution in [0.5, 0.6) is 0 Å². The molecule has 0 aliphatic carbocycles. The number of amides is 2. The molecule has 0 fully saturated rings. The predicted molar refractivity (Wildman–Crippen MR) is 167 cm³/mol. The molecule has 3 N–H and O–H groups in total. The minimum absolute atomic E-state index is 0.0801. The Bertz CT molecular complexity index is 1780. The van der Waals surface area contributed by atoms with E-state index in [9.17, 15) is 14.4 Å². The highest BCUT2D eigenvalue weighted by molar-refractivity contribution is 8.00. The van der Waals surface area contributed by atoms with Crippen molar-refractivity contribution in [3.63, 3.8) is 0 Å². The summed E-state index contributed by atoms with van der Waals surface area (Å²) in [6.07, 6.45) is 3.43. The number of hydrogen-bond donors (Lipinski definition) is 3. The maximum atomic E-state index is 13.5. The Labute approximate surface area is 250 Å². The van der Waals surface area contributed by atoms with E-state index >= 15 is 0 Å². The second-order valence-electron chi connectivity index (χ2n) is 8.99. The van der Waals surface area contributed by atoms with Gasteiger partial charge in [0, 0.05) is 44.4 Å². The number of hydrogen-bond acceptors (Lipinski definition) is 4. The summed E-state index contributed by atoms with van der Waals surface area (Å²) in [5, 5.41) is 7.26. The van der Waals surface area contributed by atoms with Crippen LogP contribution in [-0.2, 0) is 4.79 Å². The van der Waals surface area contributed by atoms with Crippen molar-refractivity contribution in [1.82, 2.24) is 10.3 Å². The first-order valence-electron chi connectivity index (χ1n) is 12.5. The molecule has 0 aliphatic rings. The summed E-state index contributed by atoms with van der Waals surface area (Å²) in [6, 6.07) is 28.3. The number of anilines is 1. The van der Waals surface area contributed by atoms with E-state index in [1.54, 1.807) is 72.9 Å². The highest BCUT2D eigenvalue weighted by Gasteiger charge is 2.17. The number of carbonyl (C=O) groups is 3. The molecular formula is C32H23Cl2N3O3S. The molecule has 2 amide bonds. The topological polar surface area (TPSA) is 91.1 Å². The number of halogens is 2. The van der Waals surface area contributed by atoms with Crippen molar-refractivity contribution in [2.75, 3.05) is 11.1 Å². The van der Waals surface area contributed by atoms with E-state index in [0.29, 0.717) is 26.9 Å². The summed E-state index contributed by atoms with van der Waals surface area (Å²) in [6.45, 7) is 0. The van der Waals surface area contributed by atoms with Crippen molar-refractivity contribution in [2.45, 2.75) is 4.90 Å². The van der Waals surface area contributed by atoms with E-state index in [1.165, 1.54) is 11.8 Å². The number of para-hydroxylation sites is 1. The molecule has 0 atom stereocenters. The summed E-state index contributed by atoms with van der Waals surface area (Å²) in [5.74, 6) is -0.824. The van der Waals surface area contributed by atoms with Gasteiger partial charge in [-0.3, -0.25) is 14.4 Å². The average Bonchev–Trinajstić information content (AvgIpc) is 3.40. The van der Waals surface area contributed by atoms with E-state index in [1.807, 2.05) is 36.4 Å². The van der Waals surface area contributed by atoms with E-state index < -0.39 is 11.8 Å². The summed E-state index contributed by atoms with van der Waals surface area (Å²) in [4.78, 5) is 43.1. The lowest BCUT2D eigenvalue weighted by molar-refractivity contribution is -0.113. The summed E-state index contributed by atoms with van der Waals surface area (Å²) in [5.41, 5.74) is 3.15. The largest absolute Gasteiger partial charge is 0.361 e. The molecular weight excluding hydrogens is 577 g/mol. The second-order valence-corrected chi connectivity index (χ2v) is 10.9. The quantitative estimate of drug-likeness (QED) is 0.0913. The van der Waals surface area contributed by atoms with Gasteiger partial charge in [-0.05, 0) is 60.7 Å². The number of ketones is 1. The monoisotopic (exact) mass is 599 g/mol. The SMILES string of the molecule is O=C(Nc1cccc(SCC(=O)c2ccc(Cl)c(Cl)c2)c1)/C(=C/c1c[nH]c2ccccc12)NC(=O)c1ccccc1. The van der Waals surface area contributed by atoms with Crippen LogP contribution in [0, 0.1) is 0 Å². The molecule has 1 heterocycles. The van der Waals surface area contributed by atoms with Crippen molar-refractivity contribution < 1.29 is 14.4 Å². The molecule has 6 nitrogen and oxygen atoms in total. The lowest BCUT2D eigenvalue weighted by atomic mass is 10.1. The van der Waals surface area contributed by atoms with Gasteiger partial charge in [-0.15, -0.1) is 11.8 Å². The first-order valence-corrected chi connectivity index (χ1v) is 14.3. The molecule has 204 valence electrons. The Morgan fingerprint density at radius 1 is 0.805 bits per heavy atom. The molecule has 5 rings (SSSR count). The van der Waals surface area contributed by atoms with E-state index in [-0.39, 0.29) is 17.2 Å². The first-order chi connectivity index (χ1) is 19.9. The minimum Gasteiger partial charge on any atom is -0.361 e. The number of thioether (sulfide) groups is 1. The standard InChI is InChI=1S/C32H23Cl2N3O3S/c33-26-14-13-21(15-27(26)34)30(38)19-41-24-10-6-9-23(17-24)36-32(40)29(37-31(39)20-7-2-1-3-8-20)16-22-18-35-28-12-5-4-11-25(22)28/h1-18,35H,19H2,(H,36,40)(H,37,39)/b29-16-. The zero-order valence-electron chi connectivity index (χ0n) is 21.5. The summed E-state index contributed by atoms with van der Waals surface area (Å²) < 4.78 is 0. The molecule has 0 bridgehead atoms. The van der Waals surface area contributed by atoms with Crippen molar-refractivity contribution in [3.8, 4) is 0 Å². The summed E-state index contributed by atoms with van der Waals surface area (Å²) >= 11 is 13.3. The van der Waals surface area contributed by atoms with Crippen LogP contribution in [-0.4, -0.2) is 28.3 Å². The maximum absolute atomic E-state index is 13.5. The Morgan fingerprint density at radius 3 is 2.39 bits per heavy atom. The molecule has 5 aromatic rings. The maximum Gasteiger partial charge on any atom is 0.272 e. The molecule has 0 aliphatic heterocycles. The second kappa shape index (κ2) is 12.9. The average molecular weight is 601 g/mol. The van der Waals surface area contributed by atoms with E-state index in [4.69, 9.17) is 23.2 Å². The van der Waals surface area contributed by atoms with Crippen LogP contribution >= 0.6 is 35.0 Å². The number of benzene rings is 4. The highest BCUT2D eigenvalue weighted by Crippen LogP contribution is 2.26. The minimum atomic E-state index is -0.492. The van der Waals surface area contributed by atoms with Crippen LogP contribution in [0.1, 0.15) is 26.3 Å². The van der Waals surface area contributed by atoms with Gasteiger partial charge in [-0.2, -0.15) is 0 Å². The fourth-order valence-electron chi connectivity index (χ4n) is 4.08. The zero-order valence-corrected chi connectivity index (χ0v) is 23.8. The molecule has 1 aromatic heterocycles. The number of aromatic nitrogens is 1. The Hall–Kier alpha value is -4.30. The normalized spacial score (nSPS) is 11.3. The highest BCUT2D eigenvalue weighted by atomic mass is 35.5. The smallest absolute Gasteiger partial charge is 0.272 e. The number of H-pyrrole nitrogens is 1. The molecule has 9 heteroatoms. The third kappa shape index (κ3) is 7.08. The first kappa shape index (κ1) is 28.2. The number of aromatic amines is 1. The van der Waals surface area contributed by atoms with Gasteiger partial charge < -0.3 is 15.6 Å². The fraction of sp³-hybridized carbons (Fsp3) is 0.0312.